The van der Waals surface area contributed by atoms with Crippen LogP contribution in [0, 0.1) is 5.92 Å². The van der Waals surface area contributed by atoms with Gasteiger partial charge in [-0.1, -0.05) is 12.1 Å². The van der Waals surface area contributed by atoms with E-state index in [1.165, 1.54) is 5.56 Å². The molecule has 1 amide bonds. The van der Waals surface area contributed by atoms with Crippen LogP contribution in [0.3, 0.4) is 0 Å². The summed E-state index contributed by atoms with van der Waals surface area (Å²) in [6.45, 7) is 2.19. The third-order valence-electron chi connectivity index (χ3n) is 4.90. The number of carbonyl (C=O) groups excluding carboxylic acids is 1. The Bertz CT molecular complexity index is 761. The molecule has 25 heavy (non-hydrogen) atoms. The highest BCUT2D eigenvalue weighted by molar-refractivity contribution is 5.95. The van der Waals surface area contributed by atoms with Gasteiger partial charge in [-0.3, -0.25) is 9.48 Å². The average molecular weight is 363 g/mol. The number of fused-ring (bicyclic) bond motifs is 1. The third kappa shape index (κ3) is 3.50. The number of aromatic nitrogens is 2. The summed E-state index contributed by atoms with van der Waals surface area (Å²) in [5.74, 6) is 0.921. The van der Waals surface area contributed by atoms with E-state index < -0.39 is 0 Å². The molecule has 0 spiro atoms. The highest BCUT2D eigenvalue weighted by Gasteiger charge is 2.35. The second kappa shape index (κ2) is 7.45. The maximum atomic E-state index is 12.9. The second-order valence-corrected chi connectivity index (χ2v) is 6.55. The lowest BCUT2D eigenvalue weighted by Crippen LogP contribution is -2.28. The van der Waals surface area contributed by atoms with Crippen molar-refractivity contribution in [1.29, 1.82) is 0 Å². The fourth-order valence-corrected chi connectivity index (χ4v) is 3.65. The minimum Gasteiger partial charge on any atom is -0.491 e. The molecule has 134 valence electrons. The van der Waals surface area contributed by atoms with Crippen molar-refractivity contribution in [3.8, 4) is 5.75 Å². The molecule has 0 bridgehead atoms. The number of nitrogens with zero attached hydrogens (tertiary/aromatic N) is 2. The van der Waals surface area contributed by atoms with Gasteiger partial charge in [0.05, 0.1) is 24.4 Å². The topological polar surface area (TPSA) is 68.2 Å². The summed E-state index contributed by atoms with van der Waals surface area (Å²) in [5, 5.41) is 10.7. The number of nitrogens with one attached hydrogen (secondary N) is 2. The third-order valence-corrected chi connectivity index (χ3v) is 4.90. The van der Waals surface area contributed by atoms with Crippen LogP contribution >= 0.6 is 12.4 Å². The number of ether oxygens (including phenoxy) is 1. The first kappa shape index (κ1) is 17.8. The maximum absolute atomic E-state index is 12.9. The molecule has 0 radical (unpaired) electrons. The van der Waals surface area contributed by atoms with Gasteiger partial charge in [-0.2, -0.15) is 5.10 Å². The Morgan fingerprint density at radius 1 is 1.40 bits per heavy atom. The molecule has 2 aromatic rings. The van der Waals surface area contributed by atoms with Gasteiger partial charge in [-0.15, -0.1) is 12.4 Å². The fraction of sp³-hybridized carbons (Fsp3) is 0.444. The average Bonchev–Trinajstić information content (AvgIpc) is 3.24. The van der Waals surface area contributed by atoms with Crippen LogP contribution in [0.5, 0.6) is 5.75 Å². The van der Waals surface area contributed by atoms with Gasteiger partial charge in [0, 0.05) is 32.3 Å². The number of hydrogen-bond donors (Lipinski definition) is 2. The highest BCUT2D eigenvalue weighted by Crippen LogP contribution is 2.34. The van der Waals surface area contributed by atoms with Crippen molar-refractivity contribution in [2.45, 2.75) is 18.8 Å². The van der Waals surface area contributed by atoms with Crippen LogP contribution in [0.4, 0.5) is 5.69 Å². The molecule has 1 aromatic carbocycles. The Labute approximate surface area is 153 Å². The van der Waals surface area contributed by atoms with Gasteiger partial charge in [0.2, 0.25) is 5.91 Å². The first-order valence-corrected chi connectivity index (χ1v) is 8.47. The van der Waals surface area contributed by atoms with Gasteiger partial charge in [0.15, 0.2) is 0 Å². The van der Waals surface area contributed by atoms with E-state index in [-0.39, 0.29) is 30.2 Å². The normalized spacial score (nSPS) is 21.8. The van der Waals surface area contributed by atoms with Gasteiger partial charge in [-0.05, 0) is 30.0 Å². The lowest BCUT2D eigenvalue weighted by atomic mass is 9.90. The van der Waals surface area contributed by atoms with Crippen LogP contribution in [0.15, 0.2) is 30.6 Å². The fourth-order valence-electron chi connectivity index (χ4n) is 3.65. The Morgan fingerprint density at radius 3 is 3.08 bits per heavy atom. The number of aryl methyl sites for hydroxylation is 2. The molecule has 0 saturated carbocycles. The van der Waals surface area contributed by atoms with Gasteiger partial charge >= 0.3 is 0 Å². The van der Waals surface area contributed by atoms with E-state index >= 15 is 0 Å². The van der Waals surface area contributed by atoms with Crippen molar-refractivity contribution in [3.63, 3.8) is 0 Å². The Balaban J connectivity index is 0.00000182. The quantitative estimate of drug-likeness (QED) is 0.877. The highest BCUT2D eigenvalue weighted by atomic mass is 35.5. The number of anilines is 1. The Hall–Kier alpha value is -2.05. The molecule has 2 N–H and O–H groups in total. The van der Waals surface area contributed by atoms with Gasteiger partial charge in [0.25, 0.3) is 0 Å². The molecular weight excluding hydrogens is 340 g/mol. The lowest BCUT2D eigenvalue weighted by Gasteiger charge is -2.22. The summed E-state index contributed by atoms with van der Waals surface area (Å²) in [6, 6.07) is 5.97. The van der Waals surface area contributed by atoms with Crippen LogP contribution in [0.1, 0.15) is 23.5 Å². The van der Waals surface area contributed by atoms with E-state index in [9.17, 15) is 4.79 Å². The molecule has 6 nitrogen and oxygen atoms in total. The molecule has 1 aromatic heterocycles. The molecule has 3 heterocycles. The number of amides is 1. The molecule has 7 heteroatoms. The second-order valence-electron chi connectivity index (χ2n) is 6.55. The van der Waals surface area contributed by atoms with Crippen molar-refractivity contribution in [1.82, 2.24) is 15.1 Å². The van der Waals surface area contributed by atoms with Crippen LogP contribution in [-0.4, -0.2) is 35.4 Å². The predicted octanol–water partition coefficient (Wildman–Crippen LogP) is 2.11. The standard InChI is InChI=1S/C18H22N4O2.ClH/c1-22-11-13(8-20-22)14-9-19-10-15(14)18(23)21-16-6-2-4-12-5-3-7-24-17(12)16;/h2,4,6,8,11,14-15,19H,3,5,7,9-10H2,1H3,(H,21,23);1H/t14-,15+;/m1./s1. The largest absolute Gasteiger partial charge is 0.491 e. The summed E-state index contributed by atoms with van der Waals surface area (Å²) in [7, 11) is 1.90. The van der Waals surface area contributed by atoms with Crippen molar-refractivity contribution in [2.75, 3.05) is 25.0 Å². The van der Waals surface area contributed by atoms with Crippen molar-refractivity contribution in [2.24, 2.45) is 13.0 Å². The molecule has 2 aliphatic heterocycles. The molecular formula is C18H23ClN4O2. The van der Waals surface area contributed by atoms with E-state index in [0.29, 0.717) is 13.2 Å². The molecule has 0 unspecified atom stereocenters. The molecule has 2 atom stereocenters. The van der Waals surface area contributed by atoms with Crippen LogP contribution in [0.25, 0.3) is 0 Å². The first-order valence-electron chi connectivity index (χ1n) is 8.47. The van der Waals surface area contributed by atoms with Crippen LogP contribution in [0.2, 0.25) is 0 Å². The summed E-state index contributed by atoms with van der Waals surface area (Å²) >= 11 is 0. The zero-order valence-corrected chi connectivity index (χ0v) is 15.0. The molecule has 4 rings (SSSR count). The van der Waals surface area contributed by atoms with E-state index in [2.05, 4.69) is 21.8 Å². The Morgan fingerprint density at radius 2 is 2.28 bits per heavy atom. The summed E-state index contributed by atoms with van der Waals surface area (Å²) < 4.78 is 7.57. The summed E-state index contributed by atoms with van der Waals surface area (Å²) in [4.78, 5) is 12.9. The Kier molecular flexibility index (Phi) is 5.30. The van der Waals surface area contributed by atoms with E-state index in [4.69, 9.17) is 4.74 Å². The van der Waals surface area contributed by atoms with E-state index in [1.54, 1.807) is 4.68 Å². The summed E-state index contributed by atoms with van der Waals surface area (Å²) in [5.41, 5.74) is 3.07. The van der Waals surface area contributed by atoms with Crippen molar-refractivity contribution >= 4 is 24.0 Å². The van der Waals surface area contributed by atoms with Crippen LogP contribution in [-0.2, 0) is 18.3 Å². The van der Waals surface area contributed by atoms with E-state index in [1.807, 2.05) is 31.6 Å². The minimum absolute atomic E-state index is 0. The SMILES string of the molecule is Cl.Cn1cc([C@H]2CNC[C@@H]2C(=O)Nc2cccc3c2OCCC3)cn1. The molecule has 0 aliphatic carbocycles. The number of para-hydroxylation sites is 1. The first-order chi connectivity index (χ1) is 11.7. The van der Waals surface area contributed by atoms with Crippen LogP contribution < -0.4 is 15.4 Å². The van der Waals surface area contributed by atoms with Crippen molar-refractivity contribution < 1.29 is 9.53 Å². The number of halogens is 1. The molecule has 1 fully saturated rings. The maximum Gasteiger partial charge on any atom is 0.229 e. The van der Waals surface area contributed by atoms with Gasteiger partial charge in [-0.25, -0.2) is 0 Å². The van der Waals surface area contributed by atoms with E-state index in [0.717, 1.165) is 36.4 Å². The number of rotatable bonds is 3. The zero-order valence-electron chi connectivity index (χ0n) is 14.2. The number of benzene rings is 1. The molecule has 1 saturated heterocycles. The van der Waals surface area contributed by atoms with Crippen molar-refractivity contribution in [3.05, 3.63) is 41.7 Å². The minimum atomic E-state index is -0.103. The zero-order chi connectivity index (χ0) is 16.5. The van der Waals surface area contributed by atoms with Gasteiger partial charge in [0.1, 0.15) is 5.75 Å². The molecule has 2 aliphatic rings. The predicted molar refractivity (Wildman–Crippen MR) is 98.4 cm³/mol. The smallest absolute Gasteiger partial charge is 0.229 e. The lowest BCUT2D eigenvalue weighted by molar-refractivity contribution is -0.119. The summed E-state index contributed by atoms with van der Waals surface area (Å²) in [6.07, 6.45) is 5.87. The number of hydrogen-bond acceptors (Lipinski definition) is 4. The van der Waals surface area contributed by atoms with Gasteiger partial charge < -0.3 is 15.4 Å². The number of carbonyl (C=O) groups is 1. The monoisotopic (exact) mass is 362 g/mol.